The Labute approximate surface area is 148 Å². The molecule has 1 fully saturated rings. The molecule has 134 valence electrons. The zero-order valence-corrected chi connectivity index (χ0v) is 15.4. The number of hydrogen-bond donors (Lipinski definition) is 0. The SMILES string of the molecule is CC[C@@H]1CN(C(=O)Cn2c(C)nc3ccccc3c2=O)C[C@H]1N(C)C. The lowest BCUT2D eigenvalue weighted by atomic mass is 10.0. The smallest absolute Gasteiger partial charge is 0.261 e. The van der Waals surface area contributed by atoms with Crippen LogP contribution in [0.3, 0.4) is 0 Å². The summed E-state index contributed by atoms with van der Waals surface area (Å²) in [5.41, 5.74) is 0.528. The molecule has 2 aromatic rings. The minimum Gasteiger partial charge on any atom is -0.339 e. The number of aryl methyl sites for hydroxylation is 1. The highest BCUT2D eigenvalue weighted by molar-refractivity contribution is 5.79. The van der Waals surface area contributed by atoms with E-state index in [-0.39, 0.29) is 18.0 Å². The molecule has 2 atom stereocenters. The van der Waals surface area contributed by atoms with Crippen LogP contribution in [0.1, 0.15) is 19.2 Å². The topological polar surface area (TPSA) is 58.4 Å². The molecule has 1 amide bonds. The highest BCUT2D eigenvalue weighted by Gasteiger charge is 2.35. The first kappa shape index (κ1) is 17.6. The Morgan fingerprint density at radius 2 is 2.00 bits per heavy atom. The number of likely N-dealkylation sites (N-methyl/N-ethyl adjacent to an activating group) is 1. The molecule has 1 aromatic heterocycles. The fraction of sp³-hybridized carbons (Fsp3) is 0.526. The van der Waals surface area contributed by atoms with Crippen molar-refractivity contribution >= 4 is 16.8 Å². The third-order valence-corrected chi connectivity index (χ3v) is 5.29. The van der Waals surface area contributed by atoms with Crippen molar-refractivity contribution in [2.45, 2.75) is 32.9 Å². The Hall–Kier alpha value is -2.21. The average Bonchev–Trinajstić information content (AvgIpc) is 3.03. The molecule has 0 bridgehead atoms. The highest BCUT2D eigenvalue weighted by Crippen LogP contribution is 2.23. The van der Waals surface area contributed by atoms with Crippen molar-refractivity contribution in [3.63, 3.8) is 0 Å². The van der Waals surface area contributed by atoms with Crippen LogP contribution >= 0.6 is 0 Å². The minimum absolute atomic E-state index is 0.00918. The number of likely N-dealkylation sites (tertiary alicyclic amines) is 1. The summed E-state index contributed by atoms with van der Waals surface area (Å²) in [6.45, 7) is 5.48. The van der Waals surface area contributed by atoms with Crippen molar-refractivity contribution in [2.75, 3.05) is 27.2 Å². The molecule has 0 unspecified atom stereocenters. The van der Waals surface area contributed by atoms with Crippen LogP contribution in [0.4, 0.5) is 0 Å². The van der Waals surface area contributed by atoms with Gasteiger partial charge in [-0.3, -0.25) is 14.2 Å². The maximum Gasteiger partial charge on any atom is 0.261 e. The van der Waals surface area contributed by atoms with Gasteiger partial charge in [0.1, 0.15) is 12.4 Å². The summed E-state index contributed by atoms with van der Waals surface area (Å²) < 4.78 is 1.49. The number of carbonyl (C=O) groups is 1. The third-order valence-electron chi connectivity index (χ3n) is 5.29. The second-order valence-electron chi connectivity index (χ2n) is 7.07. The zero-order valence-electron chi connectivity index (χ0n) is 15.4. The van der Waals surface area contributed by atoms with E-state index in [9.17, 15) is 9.59 Å². The van der Waals surface area contributed by atoms with Gasteiger partial charge in [-0.15, -0.1) is 0 Å². The fourth-order valence-corrected chi connectivity index (χ4v) is 3.74. The van der Waals surface area contributed by atoms with Crippen LogP contribution in [0.5, 0.6) is 0 Å². The van der Waals surface area contributed by atoms with Crippen molar-refractivity contribution in [3.8, 4) is 0 Å². The van der Waals surface area contributed by atoms with Crippen molar-refractivity contribution in [1.82, 2.24) is 19.4 Å². The van der Waals surface area contributed by atoms with E-state index in [1.54, 1.807) is 13.0 Å². The van der Waals surface area contributed by atoms with E-state index in [1.807, 2.05) is 23.1 Å². The van der Waals surface area contributed by atoms with Gasteiger partial charge in [-0.05, 0) is 39.1 Å². The van der Waals surface area contributed by atoms with Crippen LogP contribution < -0.4 is 5.56 Å². The van der Waals surface area contributed by atoms with Gasteiger partial charge in [-0.25, -0.2) is 4.98 Å². The van der Waals surface area contributed by atoms with Crippen LogP contribution in [0.25, 0.3) is 10.9 Å². The van der Waals surface area contributed by atoms with E-state index in [1.165, 1.54) is 4.57 Å². The second-order valence-corrected chi connectivity index (χ2v) is 7.07. The maximum atomic E-state index is 12.8. The Morgan fingerprint density at radius 3 is 2.64 bits per heavy atom. The quantitative estimate of drug-likeness (QED) is 0.845. The van der Waals surface area contributed by atoms with Gasteiger partial charge in [0.2, 0.25) is 5.91 Å². The van der Waals surface area contributed by atoms with E-state index in [0.717, 1.165) is 19.5 Å². The van der Waals surface area contributed by atoms with Gasteiger partial charge in [0.25, 0.3) is 5.56 Å². The minimum atomic E-state index is -0.146. The second kappa shape index (κ2) is 6.96. The molecule has 25 heavy (non-hydrogen) atoms. The van der Waals surface area contributed by atoms with E-state index in [2.05, 4.69) is 30.9 Å². The van der Waals surface area contributed by atoms with Gasteiger partial charge in [0.15, 0.2) is 0 Å². The van der Waals surface area contributed by atoms with Crippen molar-refractivity contribution in [1.29, 1.82) is 0 Å². The number of hydrogen-bond acceptors (Lipinski definition) is 4. The van der Waals surface area contributed by atoms with Gasteiger partial charge in [-0.1, -0.05) is 25.5 Å². The van der Waals surface area contributed by atoms with Gasteiger partial charge in [-0.2, -0.15) is 0 Å². The Kier molecular flexibility index (Phi) is 4.90. The molecule has 6 nitrogen and oxygen atoms in total. The number of carbonyl (C=O) groups excluding carboxylic acids is 1. The van der Waals surface area contributed by atoms with Crippen LogP contribution in [0, 0.1) is 12.8 Å². The molecule has 0 aliphatic carbocycles. The standard InChI is InChI=1S/C19H26N4O2/c1-5-14-10-22(11-17(14)21(3)4)18(24)12-23-13(2)20-16-9-7-6-8-15(16)19(23)25/h6-9,14,17H,5,10-12H2,1-4H3/t14-,17-/m1/s1. The molecule has 0 radical (unpaired) electrons. The first-order valence-electron chi connectivity index (χ1n) is 8.82. The molecular weight excluding hydrogens is 316 g/mol. The van der Waals surface area contributed by atoms with E-state index in [4.69, 9.17) is 0 Å². The summed E-state index contributed by atoms with van der Waals surface area (Å²) in [5.74, 6) is 1.05. The van der Waals surface area contributed by atoms with E-state index in [0.29, 0.717) is 28.7 Å². The Balaban J connectivity index is 1.84. The van der Waals surface area contributed by atoms with Crippen LogP contribution in [0.2, 0.25) is 0 Å². The molecule has 1 aliphatic heterocycles. The normalized spacial score (nSPS) is 20.6. The molecule has 0 spiro atoms. The summed E-state index contributed by atoms with van der Waals surface area (Å²) in [4.78, 5) is 34.1. The first-order chi connectivity index (χ1) is 11.9. The van der Waals surface area contributed by atoms with Crippen LogP contribution in [-0.4, -0.2) is 58.5 Å². The Morgan fingerprint density at radius 1 is 1.28 bits per heavy atom. The molecule has 2 heterocycles. The van der Waals surface area contributed by atoms with Crippen molar-refractivity contribution in [3.05, 3.63) is 40.4 Å². The van der Waals surface area contributed by atoms with Crippen LogP contribution in [0.15, 0.2) is 29.1 Å². The predicted octanol–water partition coefficient (Wildman–Crippen LogP) is 1.50. The number of para-hydroxylation sites is 1. The lowest BCUT2D eigenvalue weighted by molar-refractivity contribution is -0.131. The summed E-state index contributed by atoms with van der Waals surface area (Å²) in [6.07, 6.45) is 1.04. The molecule has 0 N–H and O–H groups in total. The molecule has 3 rings (SSSR count). The predicted molar refractivity (Wildman–Crippen MR) is 98.6 cm³/mol. The summed E-state index contributed by atoms with van der Waals surface area (Å²) in [7, 11) is 4.12. The number of benzene rings is 1. The van der Waals surface area contributed by atoms with E-state index >= 15 is 0 Å². The first-order valence-corrected chi connectivity index (χ1v) is 8.82. The lowest BCUT2D eigenvalue weighted by Crippen LogP contribution is -2.38. The molecular formula is C19H26N4O2. The van der Waals surface area contributed by atoms with Gasteiger partial charge >= 0.3 is 0 Å². The monoisotopic (exact) mass is 342 g/mol. The molecule has 1 saturated heterocycles. The average molecular weight is 342 g/mol. The number of nitrogens with zero attached hydrogens (tertiary/aromatic N) is 4. The number of rotatable bonds is 4. The summed E-state index contributed by atoms with van der Waals surface area (Å²) >= 11 is 0. The largest absolute Gasteiger partial charge is 0.339 e. The molecule has 0 saturated carbocycles. The molecule has 1 aliphatic rings. The van der Waals surface area contributed by atoms with Gasteiger partial charge in [0.05, 0.1) is 10.9 Å². The summed E-state index contributed by atoms with van der Waals surface area (Å²) in [5, 5.41) is 0.555. The zero-order chi connectivity index (χ0) is 18.1. The van der Waals surface area contributed by atoms with Crippen molar-refractivity contribution < 1.29 is 4.79 Å². The molecule has 1 aromatic carbocycles. The number of amides is 1. The molecule has 6 heteroatoms. The Bertz CT molecular complexity index is 843. The van der Waals surface area contributed by atoms with Crippen molar-refractivity contribution in [2.24, 2.45) is 5.92 Å². The lowest BCUT2D eigenvalue weighted by Gasteiger charge is -2.23. The third kappa shape index (κ3) is 3.31. The highest BCUT2D eigenvalue weighted by atomic mass is 16.2. The maximum absolute atomic E-state index is 12.8. The van der Waals surface area contributed by atoms with Crippen LogP contribution in [-0.2, 0) is 11.3 Å². The fourth-order valence-electron chi connectivity index (χ4n) is 3.74. The van der Waals surface area contributed by atoms with Gasteiger partial charge < -0.3 is 9.80 Å². The van der Waals surface area contributed by atoms with E-state index < -0.39 is 0 Å². The van der Waals surface area contributed by atoms with Gasteiger partial charge in [0, 0.05) is 19.1 Å². The number of aromatic nitrogens is 2. The summed E-state index contributed by atoms with van der Waals surface area (Å²) in [6, 6.07) is 7.64. The number of fused-ring (bicyclic) bond motifs is 1.